The number of hydrogen-bond acceptors (Lipinski definition) is 4. The van der Waals surface area contributed by atoms with E-state index in [1.807, 2.05) is 0 Å². The van der Waals surface area contributed by atoms with Crippen molar-refractivity contribution in [2.45, 2.75) is 0 Å². The lowest BCUT2D eigenvalue weighted by Gasteiger charge is -2.10. The van der Waals surface area contributed by atoms with Gasteiger partial charge in [-0.2, -0.15) is 0 Å². The van der Waals surface area contributed by atoms with E-state index in [0.29, 0.717) is 22.1 Å². The van der Waals surface area contributed by atoms with Crippen LogP contribution in [0.3, 0.4) is 0 Å². The van der Waals surface area contributed by atoms with E-state index in [2.05, 4.69) is 10.6 Å². The van der Waals surface area contributed by atoms with E-state index in [1.54, 1.807) is 36.4 Å². The second-order valence-electron chi connectivity index (χ2n) is 4.32. The zero-order chi connectivity index (χ0) is 16.1. The zero-order valence-electron chi connectivity index (χ0n) is 11.3. The van der Waals surface area contributed by atoms with E-state index in [1.165, 1.54) is 12.1 Å². The van der Waals surface area contributed by atoms with Crippen molar-refractivity contribution in [3.8, 4) is 0 Å². The van der Waals surface area contributed by atoms with Crippen LogP contribution in [-0.4, -0.2) is 15.9 Å². The highest BCUT2D eigenvalue weighted by Gasteiger charge is 2.05. The van der Waals surface area contributed by atoms with E-state index in [9.17, 15) is 14.9 Å². The molecule has 0 bridgehead atoms. The summed E-state index contributed by atoms with van der Waals surface area (Å²) in [6.07, 6.45) is 0. The predicted octanol–water partition coefficient (Wildman–Crippen LogP) is 2.50. The Hall–Kier alpha value is -3.00. The quantitative estimate of drug-likeness (QED) is 0.454. The number of anilines is 2. The molecule has 0 aliphatic rings. The highest BCUT2D eigenvalue weighted by molar-refractivity contribution is 7.80. The van der Waals surface area contributed by atoms with Crippen molar-refractivity contribution >= 4 is 40.3 Å². The van der Waals surface area contributed by atoms with Crippen LogP contribution in [0.1, 0.15) is 10.4 Å². The monoisotopic (exact) mass is 316 g/mol. The summed E-state index contributed by atoms with van der Waals surface area (Å²) >= 11 is 5.14. The highest BCUT2D eigenvalue weighted by Crippen LogP contribution is 2.16. The zero-order valence-corrected chi connectivity index (χ0v) is 12.1. The number of rotatable bonds is 4. The average molecular weight is 316 g/mol. The largest absolute Gasteiger partial charge is 0.366 e. The average Bonchev–Trinajstić information content (AvgIpc) is 2.48. The number of hydrogen-bond donors (Lipinski definition) is 3. The lowest BCUT2D eigenvalue weighted by atomic mass is 10.2. The van der Waals surface area contributed by atoms with Crippen molar-refractivity contribution in [1.82, 2.24) is 0 Å². The van der Waals surface area contributed by atoms with E-state index >= 15 is 0 Å². The summed E-state index contributed by atoms with van der Waals surface area (Å²) in [5.41, 5.74) is 6.87. The van der Waals surface area contributed by atoms with Crippen molar-refractivity contribution < 1.29 is 9.72 Å². The number of amides is 1. The van der Waals surface area contributed by atoms with Gasteiger partial charge < -0.3 is 16.4 Å². The smallest absolute Gasteiger partial charge is 0.269 e. The number of carbonyl (C=O) groups excluding carboxylic acids is 1. The minimum absolute atomic E-state index is 0.00599. The normalized spacial score (nSPS) is 9.82. The number of nitrogens with two attached hydrogens (primary N) is 1. The Morgan fingerprint density at radius 2 is 1.45 bits per heavy atom. The van der Waals surface area contributed by atoms with Crippen molar-refractivity contribution in [2.24, 2.45) is 5.73 Å². The maximum Gasteiger partial charge on any atom is 0.269 e. The molecule has 0 saturated heterocycles. The van der Waals surface area contributed by atoms with E-state index in [0.717, 1.165) is 0 Å². The molecule has 4 N–H and O–H groups in total. The van der Waals surface area contributed by atoms with Gasteiger partial charge in [0.05, 0.1) is 4.92 Å². The number of non-ortho nitro benzene ring substituents is 1. The third-order valence-electron chi connectivity index (χ3n) is 2.76. The molecule has 0 aliphatic carbocycles. The molecule has 1 amide bonds. The fourth-order valence-corrected chi connectivity index (χ4v) is 1.91. The molecule has 0 heterocycles. The Labute approximate surface area is 131 Å². The Kier molecular flexibility index (Phi) is 4.64. The third-order valence-corrected chi connectivity index (χ3v) is 2.97. The molecule has 0 radical (unpaired) electrons. The van der Waals surface area contributed by atoms with Gasteiger partial charge >= 0.3 is 0 Å². The number of primary amides is 1. The van der Waals surface area contributed by atoms with Gasteiger partial charge in [0.15, 0.2) is 5.11 Å². The molecule has 22 heavy (non-hydrogen) atoms. The van der Waals surface area contributed by atoms with Crippen LogP contribution in [0.4, 0.5) is 17.1 Å². The van der Waals surface area contributed by atoms with E-state index in [-0.39, 0.29) is 5.69 Å². The number of nitro groups is 1. The summed E-state index contributed by atoms with van der Waals surface area (Å²) < 4.78 is 0. The van der Waals surface area contributed by atoms with E-state index < -0.39 is 10.8 Å². The predicted molar refractivity (Wildman–Crippen MR) is 87.9 cm³/mol. The molecule has 2 aromatic rings. The summed E-state index contributed by atoms with van der Waals surface area (Å²) in [7, 11) is 0. The molecule has 0 aliphatic heterocycles. The van der Waals surface area contributed by atoms with Gasteiger partial charge in [-0.25, -0.2) is 0 Å². The van der Waals surface area contributed by atoms with E-state index in [4.69, 9.17) is 18.0 Å². The summed E-state index contributed by atoms with van der Waals surface area (Å²) in [5, 5.41) is 16.7. The molecule has 8 heteroatoms. The van der Waals surface area contributed by atoms with Gasteiger partial charge in [-0.3, -0.25) is 14.9 Å². The molecule has 0 unspecified atom stereocenters. The Morgan fingerprint density at radius 3 is 1.86 bits per heavy atom. The molecule has 0 aromatic heterocycles. The van der Waals surface area contributed by atoms with Crippen LogP contribution in [0.2, 0.25) is 0 Å². The van der Waals surface area contributed by atoms with Crippen molar-refractivity contribution in [3.05, 3.63) is 64.2 Å². The molecule has 112 valence electrons. The molecule has 2 aromatic carbocycles. The van der Waals surface area contributed by atoms with Crippen LogP contribution in [0, 0.1) is 10.1 Å². The van der Waals surface area contributed by atoms with Gasteiger partial charge in [-0.1, -0.05) is 0 Å². The first-order valence-electron chi connectivity index (χ1n) is 6.18. The number of thiocarbonyl (C=S) groups is 1. The van der Waals surface area contributed by atoms with Gasteiger partial charge in [0.25, 0.3) is 5.69 Å². The standard InChI is InChI=1S/C14H12N4O3S/c15-13(19)9-1-3-10(4-2-9)16-14(22)17-11-5-7-12(8-6-11)18(20)21/h1-8H,(H2,15,19)(H2,16,17,22). The van der Waals surface area contributed by atoms with Gasteiger partial charge in [0.2, 0.25) is 5.91 Å². The number of nitrogens with zero attached hydrogens (tertiary/aromatic N) is 1. The number of benzene rings is 2. The van der Waals surface area contributed by atoms with Crippen LogP contribution in [0.5, 0.6) is 0 Å². The lowest BCUT2D eigenvalue weighted by Crippen LogP contribution is -2.19. The molecule has 0 fully saturated rings. The lowest BCUT2D eigenvalue weighted by molar-refractivity contribution is -0.384. The SMILES string of the molecule is NC(=O)c1ccc(NC(=S)Nc2ccc([N+](=O)[O-])cc2)cc1. The summed E-state index contributed by atoms with van der Waals surface area (Å²) in [6.45, 7) is 0. The van der Waals surface area contributed by atoms with Crippen molar-refractivity contribution in [2.75, 3.05) is 10.6 Å². The molecular weight excluding hydrogens is 304 g/mol. The topological polar surface area (TPSA) is 110 Å². The third kappa shape index (κ3) is 4.00. The Bertz CT molecular complexity index is 652. The van der Waals surface area contributed by atoms with Gasteiger partial charge in [0, 0.05) is 29.1 Å². The molecule has 0 spiro atoms. The van der Waals surface area contributed by atoms with Crippen LogP contribution in [-0.2, 0) is 0 Å². The summed E-state index contributed by atoms with van der Waals surface area (Å²) in [5.74, 6) is -0.502. The maximum absolute atomic E-state index is 11.0. The first kappa shape index (κ1) is 15.4. The Morgan fingerprint density at radius 1 is 1.00 bits per heavy atom. The molecule has 2 rings (SSSR count). The first-order valence-corrected chi connectivity index (χ1v) is 6.59. The van der Waals surface area contributed by atoms with Crippen molar-refractivity contribution in [1.29, 1.82) is 0 Å². The number of carbonyl (C=O) groups is 1. The van der Waals surface area contributed by atoms with Crippen LogP contribution in [0.25, 0.3) is 0 Å². The fraction of sp³-hybridized carbons (Fsp3) is 0. The van der Waals surface area contributed by atoms with Gasteiger partial charge in [-0.15, -0.1) is 0 Å². The van der Waals surface area contributed by atoms with Crippen LogP contribution < -0.4 is 16.4 Å². The number of nitrogens with one attached hydrogen (secondary N) is 2. The highest BCUT2D eigenvalue weighted by atomic mass is 32.1. The van der Waals surface area contributed by atoms with Gasteiger partial charge in [-0.05, 0) is 48.6 Å². The fourth-order valence-electron chi connectivity index (χ4n) is 1.68. The first-order chi connectivity index (χ1) is 10.5. The number of nitro benzene ring substituents is 1. The van der Waals surface area contributed by atoms with Crippen molar-refractivity contribution in [3.63, 3.8) is 0 Å². The molecule has 0 atom stereocenters. The molecule has 0 saturated carbocycles. The summed E-state index contributed by atoms with van der Waals surface area (Å²) in [6, 6.07) is 12.4. The molecular formula is C14H12N4O3S. The second kappa shape index (κ2) is 6.64. The minimum Gasteiger partial charge on any atom is -0.366 e. The minimum atomic E-state index is -0.502. The summed E-state index contributed by atoms with van der Waals surface area (Å²) in [4.78, 5) is 21.1. The van der Waals surface area contributed by atoms with Crippen LogP contribution >= 0.6 is 12.2 Å². The Balaban J connectivity index is 1.97. The maximum atomic E-state index is 11.0. The second-order valence-corrected chi connectivity index (χ2v) is 4.73. The van der Waals surface area contributed by atoms with Crippen LogP contribution in [0.15, 0.2) is 48.5 Å². The van der Waals surface area contributed by atoms with Gasteiger partial charge in [0.1, 0.15) is 0 Å². The molecule has 7 nitrogen and oxygen atoms in total.